The Hall–Kier alpha value is -2.26. The normalized spacial score (nSPS) is 10.3. The van der Waals surface area contributed by atoms with Gasteiger partial charge < -0.3 is 14.8 Å². The summed E-state index contributed by atoms with van der Waals surface area (Å²) in [5.41, 5.74) is -0.251. The number of carbonyl (C=O) groups is 2. The van der Waals surface area contributed by atoms with Gasteiger partial charge in [0.05, 0.1) is 30.7 Å². The highest BCUT2D eigenvalue weighted by atomic mass is 35.5. The molecule has 0 atom stereocenters. The summed E-state index contributed by atoms with van der Waals surface area (Å²) in [6.45, 7) is -1.20. The summed E-state index contributed by atoms with van der Waals surface area (Å²) in [4.78, 5) is 33.7. The lowest BCUT2D eigenvalue weighted by molar-refractivity contribution is -0.384. The zero-order chi connectivity index (χ0) is 20.8. The van der Waals surface area contributed by atoms with E-state index < -0.39 is 30.0 Å². The molecule has 12 heteroatoms. The average Bonchev–Trinajstić information content (AvgIpc) is 2.63. The number of amides is 1. The molecular formula is C16H10Cl4N2O6. The highest BCUT2D eigenvalue weighted by Gasteiger charge is 2.15. The Morgan fingerprint density at radius 3 is 2.32 bits per heavy atom. The monoisotopic (exact) mass is 466 g/mol. The fourth-order valence-electron chi connectivity index (χ4n) is 1.85. The summed E-state index contributed by atoms with van der Waals surface area (Å²) in [5, 5.41) is 13.7. The van der Waals surface area contributed by atoms with Crippen LogP contribution < -0.4 is 10.1 Å². The number of nitrogens with zero attached hydrogens (tertiary/aromatic N) is 1. The van der Waals surface area contributed by atoms with Gasteiger partial charge in [0.15, 0.2) is 13.2 Å². The summed E-state index contributed by atoms with van der Waals surface area (Å²) in [7, 11) is 0. The van der Waals surface area contributed by atoms with Gasteiger partial charge in [-0.05, 0) is 12.1 Å². The number of nitro groups is 1. The van der Waals surface area contributed by atoms with Crippen LogP contribution in [0, 0.1) is 10.1 Å². The lowest BCUT2D eigenvalue weighted by Gasteiger charge is -2.10. The number of halogens is 4. The fraction of sp³-hybridized carbons (Fsp3) is 0.125. The van der Waals surface area contributed by atoms with Crippen molar-refractivity contribution >= 4 is 69.7 Å². The van der Waals surface area contributed by atoms with Crippen molar-refractivity contribution in [2.45, 2.75) is 0 Å². The Morgan fingerprint density at radius 2 is 1.64 bits per heavy atom. The van der Waals surface area contributed by atoms with Gasteiger partial charge >= 0.3 is 5.97 Å². The second kappa shape index (κ2) is 9.79. The third kappa shape index (κ3) is 6.13. The van der Waals surface area contributed by atoms with Crippen molar-refractivity contribution < 1.29 is 24.0 Å². The maximum atomic E-state index is 11.8. The van der Waals surface area contributed by atoms with Crippen molar-refractivity contribution in [1.29, 1.82) is 0 Å². The zero-order valence-corrected chi connectivity index (χ0v) is 16.7. The molecule has 0 heterocycles. The molecule has 2 aromatic carbocycles. The molecule has 0 fully saturated rings. The first-order chi connectivity index (χ1) is 13.2. The van der Waals surface area contributed by atoms with E-state index in [4.69, 9.17) is 55.9 Å². The average molecular weight is 468 g/mol. The minimum absolute atomic E-state index is 0.00996. The molecule has 0 spiro atoms. The van der Waals surface area contributed by atoms with E-state index in [2.05, 4.69) is 5.32 Å². The van der Waals surface area contributed by atoms with Crippen molar-refractivity contribution in [3.63, 3.8) is 0 Å². The van der Waals surface area contributed by atoms with E-state index in [1.54, 1.807) is 0 Å². The van der Waals surface area contributed by atoms with Crippen LogP contribution >= 0.6 is 46.4 Å². The first-order valence-corrected chi connectivity index (χ1v) is 8.85. The van der Waals surface area contributed by atoms with Crippen LogP contribution in [0.15, 0.2) is 30.3 Å². The van der Waals surface area contributed by atoms with Gasteiger partial charge in [-0.3, -0.25) is 14.9 Å². The van der Waals surface area contributed by atoms with Crippen molar-refractivity contribution in [2.24, 2.45) is 0 Å². The number of hydrogen-bond donors (Lipinski definition) is 1. The molecule has 1 amide bonds. The molecule has 1 N–H and O–H groups in total. The van der Waals surface area contributed by atoms with Crippen LogP contribution in [-0.2, 0) is 14.3 Å². The third-order valence-electron chi connectivity index (χ3n) is 3.12. The quantitative estimate of drug-likeness (QED) is 0.272. The molecule has 0 saturated carbocycles. The summed E-state index contributed by atoms with van der Waals surface area (Å²) < 4.78 is 9.92. The van der Waals surface area contributed by atoms with Crippen LogP contribution in [-0.4, -0.2) is 30.0 Å². The maximum absolute atomic E-state index is 11.8. The van der Waals surface area contributed by atoms with E-state index in [0.717, 1.165) is 6.07 Å². The number of anilines is 1. The number of esters is 1. The van der Waals surface area contributed by atoms with Crippen LogP contribution in [0.2, 0.25) is 20.1 Å². The molecule has 0 aromatic heterocycles. The second-order valence-corrected chi connectivity index (χ2v) is 6.74. The van der Waals surface area contributed by atoms with E-state index in [1.165, 1.54) is 24.3 Å². The highest BCUT2D eigenvalue weighted by molar-refractivity contribution is 6.43. The number of hydrogen-bond acceptors (Lipinski definition) is 6. The highest BCUT2D eigenvalue weighted by Crippen LogP contribution is 2.33. The van der Waals surface area contributed by atoms with E-state index in [0.29, 0.717) is 0 Å². The molecule has 2 aromatic rings. The Morgan fingerprint density at radius 1 is 0.964 bits per heavy atom. The number of rotatable bonds is 7. The molecule has 0 aliphatic carbocycles. The number of non-ortho nitro benzene ring substituents is 1. The first-order valence-electron chi connectivity index (χ1n) is 7.34. The van der Waals surface area contributed by atoms with E-state index in [1.807, 2.05) is 0 Å². The fourth-order valence-corrected chi connectivity index (χ4v) is 2.60. The Bertz CT molecular complexity index is 938. The van der Waals surface area contributed by atoms with Crippen molar-refractivity contribution in [3.8, 4) is 5.75 Å². The number of carbonyl (C=O) groups excluding carboxylic acids is 2. The second-order valence-electron chi connectivity index (χ2n) is 5.12. The van der Waals surface area contributed by atoms with Gasteiger partial charge in [0.1, 0.15) is 5.75 Å². The van der Waals surface area contributed by atoms with Crippen LogP contribution in [0.1, 0.15) is 0 Å². The van der Waals surface area contributed by atoms with Gasteiger partial charge in [0.2, 0.25) is 0 Å². The number of benzene rings is 2. The molecule has 148 valence electrons. The third-order valence-corrected chi connectivity index (χ3v) is 4.47. The Labute approximate surface area is 178 Å². The van der Waals surface area contributed by atoms with Gasteiger partial charge in [0, 0.05) is 18.2 Å². The summed E-state index contributed by atoms with van der Waals surface area (Å²) in [6.07, 6.45) is 0. The maximum Gasteiger partial charge on any atom is 0.344 e. The SMILES string of the molecule is O=C(COC(=O)COc1cc(Cl)c(Cl)cc1Cl)Nc1cc([N+](=O)[O-])ccc1Cl. The minimum Gasteiger partial charge on any atom is -0.480 e. The molecular weight excluding hydrogens is 458 g/mol. The molecule has 8 nitrogen and oxygen atoms in total. The molecule has 28 heavy (non-hydrogen) atoms. The van der Waals surface area contributed by atoms with E-state index >= 15 is 0 Å². The standard InChI is InChI=1S/C16H10Cl4N2O6/c17-9-2-1-8(22(25)26)3-13(9)21-15(23)6-28-16(24)7-27-14-5-11(19)10(18)4-12(14)20/h1-5H,6-7H2,(H,21,23). The predicted molar refractivity (Wildman–Crippen MR) is 105 cm³/mol. The van der Waals surface area contributed by atoms with Crippen LogP contribution in [0.25, 0.3) is 0 Å². The van der Waals surface area contributed by atoms with Gasteiger partial charge in [-0.1, -0.05) is 46.4 Å². The Kier molecular flexibility index (Phi) is 7.70. The van der Waals surface area contributed by atoms with Crippen molar-refractivity contribution in [2.75, 3.05) is 18.5 Å². The molecule has 2 rings (SSSR count). The van der Waals surface area contributed by atoms with Gasteiger partial charge in [-0.15, -0.1) is 0 Å². The summed E-state index contributed by atoms with van der Waals surface area (Å²) in [5.74, 6) is -1.49. The van der Waals surface area contributed by atoms with Crippen LogP contribution in [0.4, 0.5) is 11.4 Å². The zero-order valence-electron chi connectivity index (χ0n) is 13.7. The molecule has 0 aliphatic rings. The van der Waals surface area contributed by atoms with E-state index in [-0.39, 0.29) is 37.2 Å². The van der Waals surface area contributed by atoms with Crippen molar-refractivity contribution in [1.82, 2.24) is 0 Å². The van der Waals surface area contributed by atoms with Crippen LogP contribution in [0.5, 0.6) is 5.75 Å². The summed E-state index contributed by atoms with van der Waals surface area (Å²) >= 11 is 23.4. The van der Waals surface area contributed by atoms with Gasteiger partial charge in [0.25, 0.3) is 11.6 Å². The number of nitro benzene ring substituents is 1. The lowest BCUT2D eigenvalue weighted by Crippen LogP contribution is -2.23. The largest absolute Gasteiger partial charge is 0.480 e. The topological polar surface area (TPSA) is 108 Å². The van der Waals surface area contributed by atoms with E-state index in [9.17, 15) is 19.7 Å². The summed E-state index contributed by atoms with van der Waals surface area (Å²) in [6, 6.07) is 6.20. The molecule has 0 unspecified atom stereocenters. The lowest BCUT2D eigenvalue weighted by atomic mass is 10.3. The molecule has 0 saturated heterocycles. The Balaban J connectivity index is 1.86. The van der Waals surface area contributed by atoms with Gasteiger partial charge in [-0.25, -0.2) is 4.79 Å². The molecule has 0 aliphatic heterocycles. The molecule has 0 radical (unpaired) electrons. The number of nitrogens with one attached hydrogen (secondary N) is 1. The van der Waals surface area contributed by atoms with Gasteiger partial charge in [-0.2, -0.15) is 0 Å². The molecule has 0 bridgehead atoms. The first kappa shape index (κ1) is 22.0. The minimum atomic E-state index is -0.859. The number of ether oxygens (including phenoxy) is 2. The van der Waals surface area contributed by atoms with Crippen LogP contribution in [0.3, 0.4) is 0 Å². The van der Waals surface area contributed by atoms with Crippen molar-refractivity contribution in [3.05, 3.63) is 60.5 Å². The predicted octanol–water partition coefficient (Wildman–Crippen LogP) is 4.77. The smallest absolute Gasteiger partial charge is 0.344 e.